The number of anilines is 1. The molecule has 3 nitrogen and oxygen atoms in total. The molecule has 26 heavy (non-hydrogen) atoms. The second-order valence-corrected chi connectivity index (χ2v) is 8.14. The van der Waals surface area contributed by atoms with Crippen LogP contribution in [0.3, 0.4) is 0 Å². The third kappa shape index (κ3) is 4.77. The molecule has 0 atom stereocenters. The zero-order valence-corrected chi connectivity index (χ0v) is 17.4. The fourth-order valence-corrected chi connectivity index (χ4v) is 4.79. The lowest BCUT2D eigenvalue weighted by Gasteiger charge is -2.40. The van der Waals surface area contributed by atoms with Gasteiger partial charge in [0.1, 0.15) is 0 Å². The Labute approximate surface area is 165 Å². The molecule has 1 aliphatic carbocycles. The molecule has 0 aromatic heterocycles. The summed E-state index contributed by atoms with van der Waals surface area (Å²) < 4.78 is 0. The van der Waals surface area contributed by atoms with Crippen LogP contribution in [0.15, 0.2) is 18.2 Å². The zero-order chi connectivity index (χ0) is 18.4. The van der Waals surface area contributed by atoms with Gasteiger partial charge < -0.3 is 10.2 Å². The summed E-state index contributed by atoms with van der Waals surface area (Å²) in [6.45, 7) is 8.85. The number of nitrogens with one attached hydrogen (secondary N) is 1. The molecule has 3 rings (SSSR count). The summed E-state index contributed by atoms with van der Waals surface area (Å²) in [5.41, 5.74) is 3.97. The summed E-state index contributed by atoms with van der Waals surface area (Å²) in [5.74, 6) is 0. The van der Waals surface area contributed by atoms with Crippen molar-refractivity contribution in [3.05, 3.63) is 29.3 Å². The number of hydrogen-bond acceptors (Lipinski definition) is 2. The molecule has 0 bridgehead atoms. The van der Waals surface area contributed by atoms with E-state index in [1.54, 1.807) is 0 Å². The molecule has 1 aromatic carbocycles. The van der Waals surface area contributed by atoms with E-state index in [9.17, 15) is 0 Å². The zero-order valence-electron chi connectivity index (χ0n) is 16.6. The average molecular weight is 374 g/mol. The van der Waals surface area contributed by atoms with Gasteiger partial charge in [0.05, 0.1) is 0 Å². The molecule has 1 aliphatic heterocycles. The minimum atomic E-state index is 0.814. The van der Waals surface area contributed by atoms with Gasteiger partial charge >= 0.3 is 0 Å². The average Bonchev–Trinajstić information content (AvgIpc) is 2.97. The Hall–Kier alpha value is -1.13. The summed E-state index contributed by atoms with van der Waals surface area (Å²) >= 11 is 5.78. The van der Waals surface area contributed by atoms with E-state index in [-0.39, 0.29) is 0 Å². The topological polar surface area (TPSA) is 18.5 Å². The Balaban J connectivity index is 1.57. The second-order valence-electron chi connectivity index (χ2n) is 7.76. The highest BCUT2D eigenvalue weighted by Crippen LogP contribution is 2.25. The van der Waals surface area contributed by atoms with Crippen LogP contribution in [0.5, 0.6) is 0 Å². The van der Waals surface area contributed by atoms with E-state index < -0.39 is 0 Å². The fourth-order valence-electron chi connectivity index (χ4n) is 4.50. The van der Waals surface area contributed by atoms with Gasteiger partial charge in [-0.05, 0) is 49.0 Å². The van der Waals surface area contributed by atoms with Crippen LogP contribution in [0, 0.1) is 0 Å². The van der Waals surface area contributed by atoms with Crippen LogP contribution in [0.25, 0.3) is 0 Å². The van der Waals surface area contributed by atoms with E-state index in [1.165, 1.54) is 55.3 Å². The maximum Gasteiger partial charge on any atom is 0.173 e. The number of nitrogens with zero attached hydrogens (tertiary/aromatic N) is 2. The summed E-state index contributed by atoms with van der Waals surface area (Å²) in [6, 6.07) is 7.41. The summed E-state index contributed by atoms with van der Waals surface area (Å²) in [4.78, 5) is 5.09. The number of rotatable bonds is 4. The highest BCUT2D eigenvalue weighted by Gasteiger charge is 2.25. The Kier molecular flexibility index (Phi) is 7.32. The van der Waals surface area contributed by atoms with Crippen LogP contribution in [0.1, 0.15) is 63.5 Å². The van der Waals surface area contributed by atoms with Gasteiger partial charge in [-0.15, -0.1) is 0 Å². The van der Waals surface area contributed by atoms with E-state index in [1.807, 2.05) is 0 Å². The molecule has 0 unspecified atom stereocenters. The number of thiocarbonyl (C=S) groups is 1. The van der Waals surface area contributed by atoms with Crippen LogP contribution in [-0.4, -0.2) is 47.1 Å². The normalized spacial score (nSPS) is 20.0. The van der Waals surface area contributed by atoms with E-state index in [4.69, 9.17) is 12.2 Å². The first kappa shape index (κ1) is 19.6. The number of piperazine rings is 1. The van der Waals surface area contributed by atoms with Gasteiger partial charge in [-0.25, -0.2) is 0 Å². The minimum absolute atomic E-state index is 0.814. The molecule has 1 N–H and O–H groups in total. The predicted octanol–water partition coefficient (Wildman–Crippen LogP) is 4.85. The van der Waals surface area contributed by atoms with E-state index in [2.05, 4.69) is 47.2 Å². The van der Waals surface area contributed by atoms with Gasteiger partial charge in [-0.2, -0.15) is 0 Å². The standard InChI is InChI=1S/C22H35N3S/c1-3-18-10-9-11-19(4-2)21(18)23-22(26)25-16-14-24(15-17-25)20-12-7-5-6-8-13-20/h9-11,20H,3-8,12-17H2,1-2H3,(H,23,26). The summed E-state index contributed by atoms with van der Waals surface area (Å²) in [5, 5.41) is 4.50. The first-order chi connectivity index (χ1) is 12.7. The first-order valence-electron chi connectivity index (χ1n) is 10.6. The van der Waals surface area contributed by atoms with E-state index in [0.717, 1.165) is 50.2 Å². The highest BCUT2D eigenvalue weighted by atomic mass is 32.1. The Morgan fingerprint density at radius 3 is 2.08 bits per heavy atom. The van der Waals surface area contributed by atoms with Crippen molar-refractivity contribution in [2.24, 2.45) is 0 Å². The lowest BCUT2D eigenvalue weighted by molar-refractivity contribution is 0.122. The molecule has 1 heterocycles. The summed E-state index contributed by atoms with van der Waals surface area (Å²) in [7, 11) is 0. The molecular weight excluding hydrogens is 338 g/mol. The van der Waals surface area contributed by atoms with Gasteiger partial charge in [-0.1, -0.05) is 57.7 Å². The highest BCUT2D eigenvalue weighted by molar-refractivity contribution is 7.80. The quantitative estimate of drug-likeness (QED) is 0.600. The van der Waals surface area contributed by atoms with E-state index in [0.29, 0.717) is 0 Å². The van der Waals surface area contributed by atoms with Crippen molar-refractivity contribution in [3.8, 4) is 0 Å². The Morgan fingerprint density at radius 1 is 0.962 bits per heavy atom. The van der Waals surface area contributed by atoms with Gasteiger partial charge in [-0.3, -0.25) is 4.90 Å². The molecule has 0 amide bonds. The largest absolute Gasteiger partial charge is 0.346 e. The molecule has 2 aliphatic rings. The maximum atomic E-state index is 5.78. The maximum absolute atomic E-state index is 5.78. The van der Waals surface area contributed by atoms with Gasteiger partial charge in [0.25, 0.3) is 0 Å². The molecule has 144 valence electrons. The molecular formula is C22H35N3S. The first-order valence-corrected chi connectivity index (χ1v) is 11.0. The van der Waals surface area contributed by atoms with Crippen molar-refractivity contribution in [1.82, 2.24) is 9.80 Å². The molecule has 0 spiro atoms. The monoisotopic (exact) mass is 373 g/mol. The van der Waals surface area contributed by atoms with Crippen LogP contribution in [0.2, 0.25) is 0 Å². The van der Waals surface area contributed by atoms with Crippen LogP contribution >= 0.6 is 12.2 Å². The predicted molar refractivity (Wildman–Crippen MR) is 116 cm³/mol. The molecule has 2 fully saturated rings. The minimum Gasteiger partial charge on any atom is -0.346 e. The van der Waals surface area contributed by atoms with E-state index >= 15 is 0 Å². The van der Waals surface area contributed by atoms with Crippen LogP contribution in [-0.2, 0) is 12.8 Å². The second kappa shape index (κ2) is 9.70. The Bertz CT molecular complexity index is 563. The van der Waals surface area contributed by atoms with Gasteiger partial charge in [0.2, 0.25) is 0 Å². The van der Waals surface area contributed by atoms with Crippen molar-refractivity contribution in [3.63, 3.8) is 0 Å². The van der Waals surface area contributed by atoms with Gasteiger partial charge in [0.15, 0.2) is 5.11 Å². The van der Waals surface area contributed by atoms with Gasteiger partial charge in [0, 0.05) is 37.9 Å². The van der Waals surface area contributed by atoms with Crippen LogP contribution in [0.4, 0.5) is 5.69 Å². The lowest BCUT2D eigenvalue weighted by atomic mass is 10.0. The third-order valence-electron chi connectivity index (χ3n) is 6.17. The molecule has 1 aromatic rings. The molecule has 0 radical (unpaired) electrons. The van der Waals surface area contributed by atoms with Crippen molar-refractivity contribution < 1.29 is 0 Å². The number of benzene rings is 1. The fraction of sp³-hybridized carbons (Fsp3) is 0.682. The van der Waals surface area contributed by atoms with Crippen LogP contribution < -0.4 is 5.32 Å². The SMILES string of the molecule is CCc1cccc(CC)c1NC(=S)N1CCN(C2CCCCCC2)CC1. The van der Waals surface area contributed by atoms with Crippen molar-refractivity contribution in [2.45, 2.75) is 71.3 Å². The van der Waals surface area contributed by atoms with Crippen molar-refractivity contribution in [2.75, 3.05) is 31.5 Å². The molecule has 1 saturated heterocycles. The van der Waals surface area contributed by atoms with Crippen molar-refractivity contribution >= 4 is 23.0 Å². The smallest absolute Gasteiger partial charge is 0.173 e. The molecule has 1 saturated carbocycles. The molecule has 4 heteroatoms. The Morgan fingerprint density at radius 2 is 1.54 bits per heavy atom. The lowest BCUT2D eigenvalue weighted by Crippen LogP contribution is -2.52. The van der Waals surface area contributed by atoms with Crippen molar-refractivity contribution in [1.29, 1.82) is 0 Å². The number of aryl methyl sites for hydroxylation is 2. The third-order valence-corrected chi connectivity index (χ3v) is 6.53. The number of para-hydroxylation sites is 1. The summed E-state index contributed by atoms with van der Waals surface area (Å²) in [6.07, 6.45) is 10.6. The number of hydrogen-bond donors (Lipinski definition) is 1.